The molecule has 236 valence electrons. The maximum Gasteiger partial charge on any atom is 0.317 e. The van der Waals surface area contributed by atoms with Crippen molar-refractivity contribution < 1.29 is 62.4 Å². The molecule has 2 N–H and O–H groups in total. The van der Waals surface area contributed by atoms with Crippen LogP contribution in [0, 0.1) is 4.91 Å². The number of aliphatic hydroxyl groups is 2. The minimum absolute atomic E-state index is 0.0413. The zero-order valence-electron chi connectivity index (χ0n) is 23.6. The van der Waals surface area contributed by atoms with Gasteiger partial charge in [-0.05, 0) is 12.1 Å². The van der Waals surface area contributed by atoms with E-state index in [1.54, 1.807) is 7.11 Å². The van der Waals surface area contributed by atoms with Gasteiger partial charge in [0.25, 0.3) is 0 Å². The molecule has 0 atom stereocenters. The van der Waals surface area contributed by atoms with Gasteiger partial charge in [-0.25, -0.2) is 0 Å². The van der Waals surface area contributed by atoms with E-state index in [1.165, 1.54) is 12.1 Å². The average molecular weight is 594 g/mol. The summed E-state index contributed by atoms with van der Waals surface area (Å²) in [6.07, 6.45) is 0. The van der Waals surface area contributed by atoms with Crippen molar-refractivity contribution in [2.24, 2.45) is 5.18 Å². The number of ether oxygens (including phenoxy) is 10. The lowest BCUT2D eigenvalue weighted by Gasteiger charge is -2.18. The molecule has 0 aliphatic rings. The highest BCUT2D eigenvalue weighted by Crippen LogP contribution is 2.39. The molecule has 0 heterocycles. The second kappa shape index (κ2) is 26.4. The highest BCUT2D eigenvalue weighted by atomic mass is 16.6. The number of amides is 1. The van der Waals surface area contributed by atoms with E-state index in [9.17, 15) is 9.70 Å². The molecule has 0 aliphatic heterocycles. The van der Waals surface area contributed by atoms with Crippen LogP contribution in [0.1, 0.15) is 10.4 Å². The molecule has 41 heavy (non-hydrogen) atoms. The molecule has 0 aromatic heterocycles. The molecule has 0 saturated carbocycles. The van der Waals surface area contributed by atoms with Gasteiger partial charge in [0.1, 0.15) is 19.8 Å². The molecule has 15 nitrogen and oxygen atoms in total. The summed E-state index contributed by atoms with van der Waals surface area (Å²) in [7, 11) is 1.59. The molecule has 1 aromatic carbocycles. The van der Waals surface area contributed by atoms with Crippen LogP contribution in [0.15, 0.2) is 17.3 Å². The van der Waals surface area contributed by atoms with Gasteiger partial charge in [-0.1, -0.05) is 0 Å². The molecule has 1 rings (SSSR count). The predicted molar refractivity (Wildman–Crippen MR) is 144 cm³/mol. The molecule has 1 amide bonds. The van der Waals surface area contributed by atoms with Crippen molar-refractivity contribution >= 4 is 5.91 Å². The van der Waals surface area contributed by atoms with Crippen molar-refractivity contribution in [2.45, 2.75) is 0 Å². The van der Waals surface area contributed by atoms with Crippen molar-refractivity contribution in [1.29, 1.82) is 0 Å². The lowest BCUT2D eigenvalue weighted by Crippen LogP contribution is -2.16. The number of nitroso groups, excluding NO2 is 1. The minimum Gasteiger partial charge on any atom is -0.487 e. The van der Waals surface area contributed by atoms with Gasteiger partial charge >= 0.3 is 5.91 Å². The van der Waals surface area contributed by atoms with Crippen molar-refractivity contribution in [1.82, 2.24) is 0 Å². The number of aliphatic hydroxyl groups excluding tert-OH is 2. The Morgan fingerprint density at radius 3 is 1.34 bits per heavy atom. The molecule has 0 aliphatic carbocycles. The van der Waals surface area contributed by atoms with E-state index >= 15 is 0 Å². The Bertz CT molecular complexity index is 798. The monoisotopic (exact) mass is 593 g/mol. The fraction of sp³-hybridized carbons (Fsp3) is 0.731. The third kappa shape index (κ3) is 18.6. The van der Waals surface area contributed by atoms with Crippen molar-refractivity contribution in [3.8, 4) is 17.2 Å². The number of methoxy groups -OCH3 is 1. The third-order valence-corrected chi connectivity index (χ3v) is 4.81. The standard InChI is InChI=1S/C26H43NO14/c1-32-6-7-35-12-13-37-15-18-40-24-21-22(26(30)27-31)20-23(39-17-14-36-10-8-33-4-2-28)25(24)41-19-16-38-11-9-34-5-3-29/h20-21,28-29H,2-19H2,1H3. The highest BCUT2D eigenvalue weighted by Gasteiger charge is 2.19. The third-order valence-electron chi connectivity index (χ3n) is 4.81. The van der Waals surface area contributed by atoms with Crippen LogP contribution in [0.3, 0.4) is 0 Å². The predicted octanol–water partition coefficient (Wildman–Crippen LogP) is 0.460. The maximum atomic E-state index is 12.1. The van der Waals surface area contributed by atoms with E-state index in [4.69, 9.17) is 57.6 Å². The lowest BCUT2D eigenvalue weighted by molar-refractivity contribution is 0.0168. The second-order valence-electron chi connectivity index (χ2n) is 7.86. The summed E-state index contributed by atoms with van der Waals surface area (Å²) in [6, 6.07) is 2.69. The lowest BCUT2D eigenvalue weighted by atomic mass is 10.1. The first-order chi connectivity index (χ1) is 20.2. The summed E-state index contributed by atoms with van der Waals surface area (Å²) in [4.78, 5) is 23.0. The van der Waals surface area contributed by atoms with E-state index in [2.05, 4.69) is 5.18 Å². The molecule has 0 unspecified atom stereocenters. The summed E-state index contributed by atoms with van der Waals surface area (Å²) in [6.45, 7) is 4.19. The summed E-state index contributed by atoms with van der Waals surface area (Å²) >= 11 is 0. The molecule has 0 bridgehead atoms. The number of nitrogens with zero attached hydrogens (tertiary/aromatic N) is 1. The second-order valence-corrected chi connectivity index (χ2v) is 7.86. The van der Waals surface area contributed by atoms with E-state index in [-0.39, 0.29) is 88.9 Å². The Morgan fingerprint density at radius 2 is 0.951 bits per heavy atom. The van der Waals surface area contributed by atoms with Gasteiger partial charge in [0.15, 0.2) is 11.5 Å². The van der Waals surface area contributed by atoms with Gasteiger partial charge in [-0.15, -0.1) is 4.91 Å². The molecule has 0 radical (unpaired) electrons. The molecule has 0 spiro atoms. The van der Waals surface area contributed by atoms with Crippen LogP contribution in [-0.2, 0) is 33.2 Å². The van der Waals surface area contributed by atoms with Crippen LogP contribution in [0.5, 0.6) is 17.2 Å². The number of rotatable bonds is 29. The van der Waals surface area contributed by atoms with Crippen molar-refractivity contribution in [3.63, 3.8) is 0 Å². The van der Waals surface area contributed by atoms with E-state index < -0.39 is 5.91 Å². The smallest absolute Gasteiger partial charge is 0.317 e. The summed E-state index contributed by atoms with van der Waals surface area (Å²) in [5.74, 6) is -0.506. The number of carbonyl (C=O) groups is 1. The van der Waals surface area contributed by atoms with Gasteiger partial charge in [0.2, 0.25) is 5.75 Å². The quantitative estimate of drug-likeness (QED) is 0.0966. The fourth-order valence-corrected chi connectivity index (χ4v) is 2.97. The molecule has 0 saturated heterocycles. The van der Waals surface area contributed by atoms with Crippen LogP contribution in [-0.4, -0.2) is 142 Å². The molecular weight excluding hydrogens is 550 g/mol. The van der Waals surface area contributed by atoms with Crippen LogP contribution in [0.2, 0.25) is 0 Å². The van der Waals surface area contributed by atoms with Gasteiger partial charge in [-0.3, -0.25) is 4.79 Å². The zero-order chi connectivity index (χ0) is 29.8. The fourth-order valence-electron chi connectivity index (χ4n) is 2.97. The largest absolute Gasteiger partial charge is 0.487 e. The summed E-state index contributed by atoms with van der Waals surface area (Å²) in [5.41, 5.74) is -0.0413. The first kappa shape index (κ1) is 36.6. The van der Waals surface area contributed by atoms with Gasteiger partial charge in [0, 0.05) is 12.3 Å². The number of hydrogen-bond donors (Lipinski definition) is 2. The molecule has 1 aromatic rings. The van der Waals surface area contributed by atoms with Gasteiger partial charge in [0.05, 0.1) is 105 Å². The molecule has 0 fully saturated rings. The Balaban J connectivity index is 2.79. The molecule has 15 heteroatoms. The Hall–Kier alpha value is -2.47. The van der Waals surface area contributed by atoms with Crippen LogP contribution < -0.4 is 14.2 Å². The number of benzene rings is 1. The first-order valence-corrected chi connectivity index (χ1v) is 13.3. The SMILES string of the molecule is COCCOCCOCCOc1cc(C(=O)N=O)cc(OCCOCCOCCO)c1OCCOCCOCCO. The Kier molecular flexibility index (Phi) is 23.6. The summed E-state index contributed by atoms with van der Waals surface area (Å²) in [5, 5.41) is 20.0. The topological polar surface area (TPSA) is 179 Å². The maximum absolute atomic E-state index is 12.1. The van der Waals surface area contributed by atoms with Crippen molar-refractivity contribution in [3.05, 3.63) is 22.6 Å². The Labute approximate surface area is 239 Å². The van der Waals surface area contributed by atoms with Crippen LogP contribution in [0.25, 0.3) is 0 Å². The first-order valence-electron chi connectivity index (χ1n) is 13.3. The van der Waals surface area contributed by atoms with Crippen LogP contribution >= 0.6 is 0 Å². The van der Waals surface area contributed by atoms with Crippen molar-refractivity contribution in [2.75, 3.05) is 126 Å². The van der Waals surface area contributed by atoms with E-state index in [0.717, 1.165) is 0 Å². The van der Waals surface area contributed by atoms with Crippen LogP contribution in [0.4, 0.5) is 0 Å². The molecular formula is C26H43NO14. The van der Waals surface area contributed by atoms with E-state index in [0.29, 0.717) is 52.9 Å². The van der Waals surface area contributed by atoms with E-state index in [1.807, 2.05) is 0 Å². The number of hydrogen-bond acceptors (Lipinski definition) is 14. The van der Waals surface area contributed by atoms with Gasteiger partial charge in [-0.2, -0.15) is 0 Å². The Morgan fingerprint density at radius 1 is 0.585 bits per heavy atom. The minimum atomic E-state index is -1.00. The number of carbonyl (C=O) groups excluding carboxylic acids is 1. The zero-order valence-corrected chi connectivity index (χ0v) is 23.6. The van der Waals surface area contributed by atoms with Gasteiger partial charge < -0.3 is 57.6 Å². The highest BCUT2D eigenvalue weighted by molar-refractivity contribution is 5.96. The normalized spacial score (nSPS) is 11.0. The summed E-state index contributed by atoms with van der Waals surface area (Å²) < 4.78 is 54.4. The average Bonchev–Trinajstić information content (AvgIpc) is 2.99.